The minimum absolute atomic E-state index is 0.0343. The van der Waals surface area contributed by atoms with Crippen LogP contribution in [0.15, 0.2) is 18.2 Å². The number of nitrogens with zero attached hydrogens (tertiary/aromatic N) is 1. The van der Waals surface area contributed by atoms with Gasteiger partial charge in [-0.2, -0.15) is 0 Å². The van der Waals surface area contributed by atoms with E-state index in [4.69, 9.17) is 5.73 Å². The Morgan fingerprint density at radius 3 is 2.56 bits per heavy atom. The first-order chi connectivity index (χ1) is 7.49. The van der Waals surface area contributed by atoms with Gasteiger partial charge in [0.1, 0.15) is 0 Å². The predicted octanol–water partition coefficient (Wildman–Crippen LogP) is 2.28. The molecule has 1 unspecified atom stereocenters. The van der Waals surface area contributed by atoms with Gasteiger partial charge in [-0.3, -0.25) is 10.1 Å². The highest BCUT2D eigenvalue weighted by molar-refractivity contribution is 5.53. The Labute approximate surface area is 94.6 Å². The second kappa shape index (κ2) is 3.56. The largest absolute Gasteiger partial charge is 0.327 e. The Kier molecular flexibility index (Phi) is 2.46. The van der Waals surface area contributed by atoms with Crippen LogP contribution in [-0.2, 0) is 5.41 Å². The van der Waals surface area contributed by atoms with Gasteiger partial charge in [0.25, 0.3) is 5.69 Å². The van der Waals surface area contributed by atoms with E-state index in [-0.39, 0.29) is 22.1 Å². The van der Waals surface area contributed by atoms with Gasteiger partial charge in [0.05, 0.1) is 4.92 Å². The van der Waals surface area contributed by atoms with Crippen LogP contribution in [0.1, 0.15) is 30.9 Å². The fraction of sp³-hybridized carbons (Fsp3) is 0.500. The van der Waals surface area contributed by atoms with E-state index in [0.717, 1.165) is 24.0 Å². The Hall–Kier alpha value is -1.42. The van der Waals surface area contributed by atoms with E-state index in [1.807, 2.05) is 19.1 Å². The number of para-hydroxylation sites is 1. The number of nitro benzene ring substituents is 1. The van der Waals surface area contributed by atoms with Crippen molar-refractivity contribution in [2.45, 2.75) is 38.1 Å². The van der Waals surface area contributed by atoms with E-state index < -0.39 is 0 Å². The van der Waals surface area contributed by atoms with Crippen molar-refractivity contribution in [2.75, 3.05) is 0 Å². The fourth-order valence-corrected chi connectivity index (χ4v) is 2.41. The molecule has 2 rings (SSSR count). The summed E-state index contributed by atoms with van der Waals surface area (Å²) < 4.78 is 0. The number of rotatable bonds is 3. The molecule has 86 valence electrons. The fourth-order valence-electron chi connectivity index (χ4n) is 2.41. The first-order valence-electron chi connectivity index (χ1n) is 5.49. The molecule has 1 fully saturated rings. The second-order valence-corrected chi connectivity index (χ2v) is 4.67. The molecule has 4 nitrogen and oxygen atoms in total. The summed E-state index contributed by atoms with van der Waals surface area (Å²) in [7, 11) is 0. The maximum atomic E-state index is 11.1. The van der Waals surface area contributed by atoms with Gasteiger partial charge >= 0.3 is 0 Å². The summed E-state index contributed by atoms with van der Waals surface area (Å²) in [6.07, 6.45) is 1.91. The van der Waals surface area contributed by atoms with Crippen molar-refractivity contribution >= 4 is 5.69 Å². The summed E-state index contributed by atoms with van der Waals surface area (Å²) >= 11 is 0. The van der Waals surface area contributed by atoms with E-state index >= 15 is 0 Å². The molecule has 1 aliphatic carbocycles. The molecule has 1 aliphatic rings. The van der Waals surface area contributed by atoms with Crippen molar-refractivity contribution in [1.29, 1.82) is 0 Å². The molecule has 1 atom stereocenters. The third kappa shape index (κ3) is 1.50. The van der Waals surface area contributed by atoms with Crippen molar-refractivity contribution in [2.24, 2.45) is 5.73 Å². The van der Waals surface area contributed by atoms with Crippen LogP contribution in [0, 0.1) is 17.0 Å². The topological polar surface area (TPSA) is 69.2 Å². The molecule has 0 aromatic heterocycles. The molecule has 4 heteroatoms. The zero-order chi connectivity index (χ0) is 11.9. The van der Waals surface area contributed by atoms with Crippen LogP contribution >= 0.6 is 0 Å². The van der Waals surface area contributed by atoms with Gasteiger partial charge in [0, 0.05) is 22.6 Å². The summed E-state index contributed by atoms with van der Waals surface area (Å²) in [5.74, 6) is 0. The summed E-state index contributed by atoms with van der Waals surface area (Å²) in [6, 6.07) is 5.47. The SMILES string of the molecule is Cc1cccc(C2(C(C)N)CC2)c1[N+](=O)[O-]. The zero-order valence-electron chi connectivity index (χ0n) is 9.56. The molecule has 0 heterocycles. The molecular weight excluding hydrogens is 204 g/mol. The Morgan fingerprint density at radius 2 is 2.12 bits per heavy atom. The van der Waals surface area contributed by atoms with Gasteiger partial charge in [0.2, 0.25) is 0 Å². The van der Waals surface area contributed by atoms with Crippen molar-refractivity contribution in [3.8, 4) is 0 Å². The predicted molar refractivity (Wildman–Crippen MR) is 62.4 cm³/mol. The van der Waals surface area contributed by atoms with Crippen molar-refractivity contribution in [3.63, 3.8) is 0 Å². The lowest BCUT2D eigenvalue weighted by Crippen LogP contribution is -2.32. The number of nitrogens with two attached hydrogens (primary N) is 1. The van der Waals surface area contributed by atoms with Gasteiger partial charge in [-0.15, -0.1) is 0 Å². The molecule has 0 amide bonds. The minimum Gasteiger partial charge on any atom is -0.327 e. The maximum absolute atomic E-state index is 11.1. The third-order valence-corrected chi connectivity index (χ3v) is 3.62. The molecular formula is C12H16N2O2. The van der Waals surface area contributed by atoms with E-state index in [1.165, 1.54) is 0 Å². The lowest BCUT2D eigenvalue weighted by molar-refractivity contribution is -0.386. The molecule has 1 saturated carbocycles. The Morgan fingerprint density at radius 1 is 1.50 bits per heavy atom. The molecule has 16 heavy (non-hydrogen) atoms. The summed E-state index contributed by atoms with van der Waals surface area (Å²) in [5.41, 5.74) is 7.58. The van der Waals surface area contributed by atoms with Crippen LogP contribution in [-0.4, -0.2) is 11.0 Å². The van der Waals surface area contributed by atoms with Crippen LogP contribution in [0.25, 0.3) is 0 Å². The smallest absolute Gasteiger partial charge is 0.276 e. The minimum atomic E-state index is -0.285. The Balaban J connectivity index is 2.57. The molecule has 0 bridgehead atoms. The second-order valence-electron chi connectivity index (χ2n) is 4.67. The number of nitro groups is 1. The van der Waals surface area contributed by atoms with Gasteiger partial charge in [-0.05, 0) is 26.7 Å². The van der Waals surface area contributed by atoms with E-state index in [2.05, 4.69) is 0 Å². The lowest BCUT2D eigenvalue weighted by atomic mass is 9.87. The van der Waals surface area contributed by atoms with Crippen molar-refractivity contribution < 1.29 is 4.92 Å². The number of aryl methyl sites for hydroxylation is 1. The molecule has 2 N–H and O–H groups in total. The van der Waals surface area contributed by atoms with Crippen LogP contribution in [0.2, 0.25) is 0 Å². The molecule has 0 saturated heterocycles. The third-order valence-electron chi connectivity index (χ3n) is 3.62. The normalized spacial score (nSPS) is 19.2. The average molecular weight is 220 g/mol. The summed E-state index contributed by atoms with van der Waals surface area (Å²) in [5, 5.41) is 11.1. The molecule has 0 radical (unpaired) electrons. The Bertz CT molecular complexity index is 437. The van der Waals surface area contributed by atoms with E-state index in [1.54, 1.807) is 13.0 Å². The molecule has 0 aliphatic heterocycles. The van der Waals surface area contributed by atoms with E-state index in [0.29, 0.717) is 0 Å². The van der Waals surface area contributed by atoms with Crippen molar-refractivity contribution in [1.82, 2.24) is 0 Å². The van der Waals surface area contributed by atoms with Gasteiger partial charge in [-0.25, -0.2) is 0 Å². The molecule has 1 aromatic rings. The lowest BCUT2D eigenvalue weighted by Gasteiger charge is -2.20. The zero-order valence-corrected chi connectivity index (χ0v) is 9.56. The van der Waals surface area contributed by atoms with Crippen LogP contribution in [0.5, 0.6) is 0 Å². The number of hydrogen-bond donors (Lipinski definition) is 1. The summed E-state index contributed by atoms with van der Waals surface area (Å²) in [4.78, 5) is 10.8. The van der Waals surface area contributed by atoms with Gasteiger partial charge in [-0.1, -0.05) is 18.2 Å². The van der Waals surface area contributed by atoms with Crippen LogP contribution < -0.4 is 5.73 Å². The highest BCUT2D eigenvalue weighted by atomic mass is 16.6. The van der Waals surface area contributed by atoms with Gasteiger partial charge < -0.3 is 5.73 Å². The number of benzene rings is 1. The quantitative estimate of drug-likeness (QED) is 0.627. The standard InChI is InChI=1S/C12H16N2O2/c1-8-4-3-5-10(11(8)14(15)16)12(6-7-12)9(2)13/h3-5,9H,6-7,13H2,1-2H3. The average Bonchev–Trinajstić information content (AvgIpc) is 2.97. The monoisotopic (exact) mass is 220 g/mol. The van der Waals surface area contributed by atoms with Crippen LogP contribution in [0.3, 0.4) is 0 Å². The molecule has 1 aromatic carbocycles. The van der Waals surface area contributed by atoms with Crippen molar-refractivity contribution in [3.05, 3.63) is 39.4 Å². The van der Waals surface area contributed by atoms with Gasteiger partial charge in [0.15, 0.2) is 0 Å². The first-order valence-corrected chi connectivity index (χ1v) is 5.49. The number of hydrogen-bond acceptors (Lipinski definition) is 3. The molecule has 0 spiro atoms. The maximum Gasteiger partial charge on any atom is 0.276 e. The first kappa shape index (κ1) is 11.1. The highest BCUT2D eigenvalue weighted by Crippen LogP contribution is 2.53. The van der Waals surface area contributed by atoms with E-state index in [9.17, 15) is 10.1 Å². The van der Waals surface area contributed by atoms with Crippen LogP contribution in [0.4, 0.5) is 5.69 Å². The summed E-state index contributed by atoms with van der Waals surface area (Å²) in [6.45, 7) is 3.71. The highest BCUT2D eigenvalue weighted by Gasteiger charge is 2.51.